The topological polar surface area (TPSA) is 72.5 Å². The molecule has 1 N–H and O–H groups in total. The monoisotopic (exact) mass is 277 g/mol. The average Bonchev–Trinajstić information content (AvgIpc) is 2.26. The van der Waals surface area contributed by atoms with Crippen LogP contribution in [0.15, 0.2) is 23.1 Å². The minimum absolute atomic E-state index is 0.0158. The van der Waals surface area contributed by atoms with Gasteiger partial charge < -0.3 is 4.74 Å². The molecule has 5 nitrogen and oxygen atoms in total. The summed E-state index contributed by atoms with van der Waals surface area (Å²) in [5.74, 6) is 0.213. The third kappa shape index (κ3) is 3.69. The molecule has 1 aromatic carbocycles. The highest BCUT2D eigenvalue weighted by Gasteiger charge is 2.19. The molecule has 0 amide bonds. The van der Waals surface area contributed by atoms with Gasteiger partial charge in [-0.2, -0.15) is 0 Å². The second-order valence-corrected chi connectivity index (χ2v) is 5.49. The van der Waals surface area contributed by atoms with Crippen molar-refractivity contribution >= 4 is 26.9 Å². The zero-order valence-corrected chi connectivity index (χ0v) is 10.9. The van der Waals surface area contributed by atoms with Gasteiger partial charge in [-0.25, -0.2) is 13.1 Å². The molecule has 0 aliphatic heterocycles. The molecule has 7 heteroatoms. The van der Waals surface area contributed by atoms with Crippen molar-refractivity contribution in [3.05, 3.63) is 23.8 Å². The van der Waals surface area contributed by atoms with Gasteiger partial charge in [-0.3, -0.25) is 4.79 Å². The second kappa shape index (κ2) is 5.48. The van der Waals surface area contributed by atoms with Crippen LogP contribution in [0.2, 0.25) is 0 Å². The first kappa shape index (κ1) is 14.0. The van der Waals surface area contributed by atoms with Crippen molar-refractivity contribution in [3.63, 3.8) is 0 Å². The number of carbonyl (C=O) groups is 1. The lowest BCUT2D eigenvalue weighted by Gasteiger charge is -2.10. The van der Waals surface area contributed by atoms with Crippen LogP contribution in [0.5, 0.6) is 5.75 Å². The molecular weight excluding hydrogens is 266 g/mol. The molecule has 0 aliphatic rings. The minimum Gasteiger partial charge on any atom is -0.495 e. The van der Waals surface area contributed by atoms with Crippen LogP contribution in [-0.2, 0) is 14.8 Å². The van der Waals surface area contributed by atoms with E-state index in [1.54, 1.807) is 19.1 Å². The molecular formula is C10H12ClNO4S. The van der Waals surface area contributed by atoms with E-state index in [9.17, 15) is 13.2 Å². The van der Waals surface area contributed by atoms with Crippen LogP contribution >= 0.6 is 11.6 Å². The van der Waals surface area contributed by atoms with Crippen molar-refractivity contribution in [2.75, 3.05) is 13.7 Å². The molecule has 1 aromatic rings. The Balaban J connectivity index is 3.13. The van der Waals surface area contributed by atoms with Crippen LogP contribution < -0.4 is 9.46 Å². The summed E-state index contributed by atoms with van der Waals surface area (Å²) in [7, 11) is -2.43. The lowest BCUT2D eigenvalue weighted by Crippen LogP contribution is -2.28. The van der Waals surface area contributed by atoms with E-state index in [1.165, 1.54) is 13.2 Å². The van der Waals surface area contributed by atoms with Crippen molar-refractivity contribution < 1.29 is 17.9 Å². The quantitative estimate of drug-likeness (QED) is 0.817. The zero-order valence-electron chi connectivity index (χ0n) is 9.36. The van der Waals surface area contributed by atoms with Crippen LogP contribution in [0.1, 0.15) is 5.56 Å². The standard InChI is InChI=1S/C10H12ClNO4S/c1-7-3-4-8(16-2)9(5-7)17(14,15)12-6-10(11)13/h3-5,12H,6H2,1-2H3. The van der Waals surface area contributed by atoms with E-state index in [2.05, 4.69) is 4.72 Å². The van der Waals surface area contributed by atoms with Crippen molar-refractivity contribution in [2.24, 2.45) is 0 Å². The van der Waals surface area contributed by atoms with E-state index in [-0.39, 0.29) is 10.6 Å². The van der Waals surface area contributed by atoms with E-state index in [0.717, 1.165) is 5.56 Å². The lowest BCUT2D eigenvalue weighted by atomic mass is 10.2. The molecule has 0 saturated heterocycles. The van der Waals surface area contributed by atoms with Gasteiger partial charge in [-0.05, 0) is 36.2 Å². The third-order valence-electron chi connectivity index (χ3n) is 2.01. The van der Waals surface area contributed by atoms with E-state index in [1.807, 2.05) is 0 Å². The molecule has 0 aromatic heterocycles. The fourth-order valence-corrected chi connectivity index (χ4v) is 2.60. The molecule has 0 spiro atoms. The summed E-state index contributed by atoms with van der Waals surface area (Å²) in [4.78, 5) is 10.5. The number of carbonyl (C=O) groups excluding carboxylic acids is 1. The summed E-state index contributed by atoms with van der Waals surface area (Å²) >= 11 is 5.08. The zero-order chi connectivity index (χ0) is 13.1. The minimum atomic E-state index is -3.80. The highest BCUT2D eigenvalue weighted by molar-refractivity contribution is 7.89. The van der Waals surface area contributed by atoms with Gasteiger partial charge >= 0.3 is 0 Å². The molecule has 0 bridgehead atoms. The highest BCUT2D eigenvalue weighted by atomic mass is 35.5. The van der Waals surface area contributed by atoms with Crippen LogP contribution in [0, 0.1) is 6.92 Å². The summed E-state index contributed by atoms with van der Waals surface area (Å²) in [5, 5.41) is -0.778. The number of aryl methyl sites for hydroxylation is 1. The van der Waals surface area contributed by atoms with Gasteiger partial charge in [0, 0.05) is 0 Å². The maximum atomic E-state index is 11.9. The highest BCUT2D eigenvalue weighted by Crippen LogP contribution is 2.24. The van der Waals surface area contributed by atoms with Gasteiger partial charge in [-0.1, -0.05) is 6.07 Å². The number of halogens is 1. The van der Waals surface area contributed by atoms with E-state index in [0.29, 0.717) is 0 Å². The Hall–Kier alpha value is -1.11. The summed E-state index contributed by atoms with van der Waals surface area (Å²) in [6, 6.07) is 4.73. The number of rotatable bonds is 5. The Bertz CT molecular complexity index is 527. The molecule has 0 saturated carbocycles. The number of sulfonamides is 1. The third-order valence-corrected chi connectivity index (χ3v) is 3.57. The maximum Gasteiger partial charge on any atom is 0.244 e. The van der Waals surface area contributed by atoms with Crippen LogP contribution in [0.4, 0.5) is 0 Å². The van der Waals surface area contributed by atoms with E-state index in [4.69, 9.17) is 16.3 Å². The predicted molar refractivity (Wildman–Crippen MR) is 63.8 cm³/mol. The van der Waals surface area contributed by atoms with Crippen molar-refractivity contribution in [1.29, 1.82) is 0 Å². The van der Waals surface area contributed by atoms with Gasteiger partial charge in [0.2, 0.25) is 15.3 Å². The van der Waals surface area contributed by atoms with Crippen LogP contribution in [0.25, 0.3) is 0 Å². The summed E-state index contributed by atoms with van der Waals surface area (Å²) in [6.07, 6.45) is 0. The molecule has 0 radical (unpaired) electrons. The molecule has 0 unspecified atom stereocenters. The molecule has 0 fully saturated rings. The Morgan fingerprint density at radius 2 is 2.12 bits per heavy atom. The number of nitrogens with one attached hydrogen (secondary N) is 1. The molecule has 94 valence electrons. The Morgan fingerprint density at radius 1 is 1.47 bits per heavy atom. The smallest absolute Gasteiger partial charge is 0.244 e. The summed E-state index contributed by atoms with van der Waals surface area (Å²) < 4.78 is 30.8. The SMILES string of the molecule is COc1ccc(C)cc1S(=O)(=O)NCC(=O)Cl. The first-order valence-electron chi connectivity index (χ1n) is 4.69. The van der Waals surface area contributed by atoms with Gasteiger partial charge in [0.05, 0.1) is 13.7 Å². The van der Waals surface area contributed by atoms with E-state index >= 15 is 0 Å². The van der Waals surface area contributed by atoms with Crippen LogP contribution in [0.3, 0.4) is 0 Å². The summed E-state index contributed by atoms with van der Waals surface area (Å²) in [6.45, 7) is 1.30. The second-order valence-electron chi connectivity index (χ2n) is 3.33. The molecule has 0 aliphatic carbocycles. The first-order valence-corrected chi connectivity index (χ1v) is 6.55. The predicted octanol–water partition coefficient (Wildman–Crippen LogP) is 1.05. The number of methoxy groups -OCH3 is 1. The molecule has 17 heavy (non-hydrogen) atoms. The van der Waals surface area contributed by atoms with Gasteiger partial charge in [0.15, 0.2) is 0 Å². The average molecular weight is 278 g/mol. The summed E-state index contributed by atoms with van der Waals surface area (Å²) in [5.41, 5.74) is 0.767. The first-order chi connectivity index (χ1) is 7.86. The van der Waals surface area contributed by atoms with Gasteiger partial charge in [0.25, 0.3) is 0 Å². The Labute approximate surface area is 105 Å². The Morgan fingerprint density at radius 3 is 2.65 bits per heavy atom. The maximum absolute atomic E-state index is 11.9. The van der Waals surface area contributed by atoms with E-state index < -0.39 is 21.8 Å². The molecule has 1 rings (SSSR count). The van der Waals surface area contributed by atoms with Gasteiger partial charge in [-0.15, -0.1) is 0 Å². The fourth-order valence-electron chi connectivity index (χ4n) is 1.22. The van der Waals surface area contributed by atoms with Crippen molar-refractivity contribution in [1.82, 2.24) is 4.72 Å². The molecule has 0 atom stereocenters. The number of ether oxygens (including phenoxy) is 1. The number of hydrogen-bond acceptors (Lipinski definition) is 4. The molecule has 0 heterocycles. The van der Waals surface area contributed by atoms with Gasteiger partial charge in [0.1, 0.15) is 10.6 Å². The number of benzene rings is 1. The fraction of sp³-hybridized carbons (Fsp3) is 0.300. The normalized spacial score (nSPS) is 11.2. The largest absolute Gasteiger partial charge is 0.495 e. The van der Waals surface area contributed by atoms with Crippen LogP contribution in [-0.4, -0.2) is 27.3 Å². The number of hydrogen-bond donors (Lipinski definition) is 1. The Kier molecular flexibility index (Phi) is 4.50. The van der Waals surface area contributed by atoms with Crippen molar-refractivity contribution in [3.8, 4) is 5.75 Å². The lowest BCUT2D eigenvalue weighted by molar-refractivity contribution is -0.110. The van der Waals surface area contributed by atoms with Crippen molar-refractivity contribution in [2.45, 2.75) is 11.8 Å².